The molecule has 1 unspecified atom stereocenters. The molecule has 5 nitrogen and oxygen atoms in total. The van der Waals surface area contributed by atoms with Crippen LogP contribution in [0.1, 0.15) is 17.3 Å². The molecular formula is C13H18N2O3S. The number of anilines is 1. The highest BCUT2D eigenvalue weighted by atomic mass is 32.2. The van der Waals surface area contributed by atoms with Gasteiger partial charge in [-0.3, -0.25) is 0 Å². The second kappa shape index (κ2) is 7.04. The number of nitrogens with zero attached hydrogens (tertiary/aromatic N) is 1. The molecule has 19 heavy (non-hydrogen) atoms. The molecule has 104 valence electrons. The van der Waals surface area contributed by atoms with Gasteiger partial charge >= 0.3 is 12.0 Å². The van der Waals surface area contributed by atoms with Crippen LogP contribution in [0.15, 0.2) is 24.3 Å². The third-order valence-corrected chi connectivity index (χ3v) is 3.57. The van der Waals surface area contributed by atoms with Gasteiger partial charge < -0.3 is 15.3 Å². The molecule has 1 aromatic carbocycles. The Morgan fingerprint density at radius 3 is 2.74 bits per heavy atom. The van der Waals surface area contributed by atoms with Gasteiger partial charge in [0.2, 0.25) is 0 Å². The fraction of sp³-hybridized carbons (Fsp3) is 0.385. The smallest absolute Gasteiger partial charge is 0.335 e. The number of carboxylic acids is 1. The lowest BCUT2D eigenvalue weighted by Gasteiger charge is -2.24. The number of amides is 2. The van der Waals surface area contributed by atoms with Crippen LogP contribution in [0.25, 0.3) is 0 Å². The molecule has 0 saturated carbocycles. The largest absolute Gasteiger partial charge is 0.478 e. The zero-order valence-corrected chi connectivity index (χ0v) is 12.0. The normalized spacial score (nSPS) is 11.7. The SMILES string of the molecule is CSCC(C)N(C)C(=O)Nc1cccc(C(=O)O)c1. The minimum atomic E-state index is -1.01. The van der Waals surface area contributed by atoms with E-state index < -0.39 is 5.97 Å². The molecule has 0 saturated heterocycles. The average Bonchev–Trinajstić information content (AvgIpc) is 2.38. The van der Waals surface area contributed by atoms with E-state index in [1.165, 1.54) is 12.1 Å². The number of carbonyl (C=O) groups excluding carboxylic acids is 1. The summed E-state index contributed by atoms with van der Waals surface area (Å²) in [7, 11) is 1.72. The maximum atomic E-state index is 12.0. The van der Waals surface area contributed by atoms with Crippen molar-refractivity contribution in [3.8, 4) is 0 Å². The van der Waals surface area contributed by atoms with Gasteiger partial charge in [-0.2, -0.15) is 11.8 Å². The molecule has 0 aliphatic rings. The first-order valence-corrected chi connectivity index (χ1v) is 7.21. The molecule has 0 aliphatic heterocycles. The molecule has 0 radical (unpaired) electrons. The Kier molecular flexibility index (Phi) is 5.69. The van der Waals surface area contributed by atoms with Crippen LogP contribution in [-0.2, 0) is 0 Å². The highest BCUT2D eigenvalue weighted by molar-refractivity contribution is 7.98. The van der Waals surface area contributed by atoms with E-state index in [2.05, 4.69) is 5.32 Å². The van der Waals surface area contributed by atoms with E-state index in [0.29, 0.717) is 5.69 Å². The summed E-state index contributed by atoms with van der Waals surface area (Å²) in [6, 6.07) is 6.05. The van der Waals surface area contributed by atoms with Crippen molar-refractivity contribution in [2.45, 2.75) is 13.0 Å². The fourth-order valence-electron chi connectivity index (χ4n) is 1.49. The van der Waals surface area contributed by atoms with Crippen molar-refractivity contribution < 1.29 is 14.7 Å². The Balaban J connectivity index is 2.71. The number of hydrogen-bond donors (Lipinski definition) is 2. The summed E-state index contributed by atoms with van der Waals surface area (Å²) in [5.41, 5.74) is 0.630. The van der Waals surface area contributed by atoms with Gasteiger partial charge in [0.05, 0.1) is 5.56 Å². The lowest BCUT2D eigenvalue weighted by Crippen LogP contribution is -2.39. The number of carboxylic acid groups (broad SMARTS) is 1. The van der Waals surface area contributed by atoms with Crippen molar-refractivity contribution >= 4 is 29.4 Å². The third kappa shape index (κ3) is 4.48. The number of rotatable bonds is 5. The molecule has 0 spiro atoms. The Morgan fingerprint density at radius 2 is 2.16 bits per heavy atom. The Bertz CT molecular complexity index is 465. The van der Waals surface area contributed by atoms with E-state index in [9.17, 15) is 9.59 Å². The van der Waals surface area contributed by atoms with Gasteiger partial charge in [0.15, 0.2) is 0 Å². The molecule has 0 bridgehead atoms. The second-order valence-corrected chi connectivity index (χ2v) is 5.14. The number of aromatic carboxylic acids is 1. The minimum absolute atomic E-state index is 0.109. The lowest BCUT2D eigenvalue weighted by molar-refractivity contribution is 0.0697. The number of carbonyl (C=O) groups is 2. The first-order valence-electron chi connectivity index (χ1n) is 5.81. The third-order valence-electron chi connectivity index (χ3n) is 2.75. The molecule has 0 aliphatic carbocycles. The van der Waals surface area contributed by atoms with Crippen molar-refractivity contribution in [2.75, 3.05) is 24.4 Å². The van der Waals surface area contributed by atoms with E-state index in [4.69, 9.17) is 5.11 Å². The first kappa shape index (κ1) is 15.4. The quantitative estimate of drug-likeness (QED) is 0.871. The van der Waals surface area contributed by atoms with Crippen LogP contribution in [-0.4, -0.2) is 47.1 Å². The zero-order valence-electron chi connectivity index (χ0n) is 11.2. The Morgan fingerprint density at radius 1 is 1.47 bits per heavy atom. The summed E-state index contributed by atoms with van der Waals surface area (Å²) in [5, 5.41) is 11.6. The number of hydrogen-bond acceptors (Lipinski definition) is 3. The Labute approximate surface area is 117 Å². The molecular weight excluding hydrogens is 264 g/mol. The minimum Gasteiger partial charge on any atom is -0.478 e. The van der Waals surface area contributed by atoms with E-state index in [-0.39, 0.29) is 17.6 Å². The molecule has 1 aromatic rings. The van der Waals surface area contributed by atoms with Crippen molar-refractivity contribution in [2.24, 2.45) is 0 Å². The van der Waals surface area contributed by atoms with Crippen LogP contribution < -0.4 is 5.32 Å². The summed E-state index contributed by atoms with van der Waals surface area (Å²) in [6.07, 6.45) is 1.98. The van der Waals surface area contributed by atoms with Crippen LogP contribution in [0.4, 0.5) is 10.5 Å². The standard InChI is InChI=1S/C13H18N2O3S/c1-9(8-19-3)15(2)13(18)14-11-6-4-5-10(7-11)12(16)17/h4-7,9H,8H2,1-3H3,(H,14,18)(H,16,17). The summed E-state index contributed by atoms with van der Waals surface area (Å²) >= 11 is 1.67. The fourth-order valence-corrected chi connectivity index (χ4v) is 2.20. The van der Waals surface area contributed by atoms with Crippen LogP contribution in [0, 0.1) is 0 Å². The molecule has 0 aromatic heterocycles. The van der Waals surface area contributed by atoms with Gasteiger partial charge in [0, 0.05) is 24.5 Å². The summed E-state index contributed by atoms with van der Waals surface area (Å²) < 4.78 is 0. The topological polar surface area (TPSA) is 69.6 Å². The lowest BCUT2D eigenvalue weighted by atomic mass is 10.2. The monoisotopic (exact) mass is 282 g/mol. The van der Waals surface area contributed by atoms with E-state index in [0.717, 1.165) is 5.75 Å². The van der Waals surface area contributed by atoms with Crippen molar-refractivity contribution in [3.63, 3.8) is 0 Å². The van der Waals surface area contributed by atoms with Crippen molar-refractivity contribution in [3.05, 3.63) is 29.8 Å². The van der Waals surface area contributed by atoms with E-state index >= 15 is 0 Å². The van der Waals surface area contributed by atoms with E-state index in [1.807, 2.05) is 13.2 Å². The van der Waals surface area contributed by atoms with Crippen LogP contribution in [0.3, 0.4) is 0 Å². The number of nitrogens with one attached hydrogen (secondary N) is 1. The predicted molar refractivity (Wildman–Crippen MR) is 78.0 cm³/mol. The maximum Gasteiger partial charge on any atom is 0.335 e. The van der Waals surface area contributed by atoms with Gasteiger partial charge in [-0.05, 0) is 31.4 Å². The average molecular weight is 282 g/mol. The van der Waals surface area contributed by atoms with E-state index in [1.54, 1.807) is 35.8 Å². The molecule has 0 heterocycles. The van der Waals surface area contributed by atoms with Gasteiger partial charge in [0.1, 0.15) is 0 Å². The molecule has 1 atom stereocenters. The van der Waals surface area contributed by atoms with Gasteiger partial charge in [-0.1, -0.05) is 6.07 Å². The second-order valence-electron chi connectivity index (χ2n) is 4.23. The van der Waals surface area contributed by atoms with Crippen LogP contribution >= 0.6 is 11.8 Å². The van der Waals surface area contributed by atoms with Gasteiger partial charge in [0.25, 0.3) is 0 Å². The zero-order chi connectivity index (χ0) is 14.4. The van der Waals surface area contributed by atoms with Gasteiger partial charge in [-0.15, -0.1) is 0 Å². The number of thioether (sulfide) groups is 1. The van der Waals surface area contributed by atoms with Gasteiger partial charge in [-0.25, -0.2) is 9.59 Å². The molecule has 1 rings (SSSR count). The predicted octanol–water partition coefficient (Wildman–Crippen LogP) is 2.60. The van der Waals surface area contributed by atoms with Crippen molar-refractivity contribution in [1.29, 1.82) is 0 Å². The number of urea groups is 1. The van der Waals surface area contributed by atoms with Crippen LogP contribution in [0.5, 0.6) is 0 Å². The molecule has 0 fully saturated rings. The maximum absolute atomic E-state index is 12.0. The Hall–Kier alpha value is -1.69. The summed E-state index contributed by atoms with van der Waals surface area (Å²) in [4.78, 5) is 24.4. The highest BCUT2D eigenvalue weighted by Crippen LogP contribution is 2.12. The molecule has 2 amide bonds. The highest BCUT2D eigenvalue weighted by Gasteiger charge is 2.15. The molecule has 2 N–H and O–H groups in total. The van der Waals surface area contributed by atoms with Crippen molar-refractivity contribution in [1.82, 2.24) is 4.90 Å². The first-order chi connectivity index (χ1) is 8.95. The summed E-state index contributed by atoms with van der Waals surface area (Å²) in [6.45, 7) is 1.96. The molecule has 6 heteroatoms. The number of benzene rings is 1. The van der Waals surface area contributed by atoms with Crippen LogP contribution in [0.2, 0.25) is 0 Å². The summed E-state index contributed by atoms with van der Waals surface area (Å²) in [5.74, 6) is -0.167.